The van der Waals surface area contributed by atoms with Gasteiger partial charge < -0.3 is 15.4 Å². The van der Waals surface area contributed by atoms with Gasteiger partial charge in [0, 0.05) is 5.69 Å². The smallest absolute Gasteiger partial charge is 0.234 e. The molecule has 0 saturated carbocycles. The summed E-state index contributed by atoms with van der Waals surface area (Å²) >= 11 is 2.76. The number of rotatable bonds is 7. The number of thioether (sulfide) groups is 1. The van der Waals surface area contributed by atoms with E-state index in [1.54, 1.807) is 19.2 Å². The number of ether oxygens (including phenoxy) is 1. The predicted octanol–water partition coefficient (Wildman–Crippen LogP) is 4.33. The van der Waals surface area contributed by atoms with Crippen LogP contribution in [0.4, 0.5) is 16.5 Å². The van der Waals surface area contributed by atoms with Crippen LogP contribution in [0, 0.1) is 6.92 Å². The Morgan fingerprint density at radius 2 is 1.92 bits per heavy atom. The number of nitrogens with zero attached hydrogens (tertiary/aromatic N) is 2. The van der Waals surface area contributed by atoms with Gasteiger partial charge in [0.2, 0.25) is 11.0 Å². The Morgan fingerprint density at radius 1 is 1.15 bits per heavy atom. The van der Waals surface area contributed by atoms with E-state index in [4.69, 9.17) is 4.74 Å². The zero-order valence-electron chi connectivity index (χ0n) is 14.4. The fourth-order valence-corrected chi connectivity index (χ4v) is 3.71. The van der Waals surface area contributed by atoms with Crippen LogP contribution in [0.15, 0.2) is 52.9 Å². The lowest BCUT2D eigenvalue weighted by atomic mass is 10.2. The first-order valence-corrected chi connectivity index (χ1v) is 9.67. The van der Waals surface area contributed by atoms with Gasteiger partial charge in [-0.2, -0.15) is 0 Å². The van der Waals surface area contributed by atoms with E-state index in [9.17, 15) is 4.79 Å². The Morgan fingerprint density at radius 3 is 2.69 bits per heavy atom. The van der Waals surface area contributed by atoms with Crippen LogP contribution in [0.25, 0.3) is 0 Å². The SMILES string of the molecule is COc1ccccc1NC(=O)CSc1nnc(Nc2ccc(C)cc2)s1. The zero-order valence-corrected chi connectivity index (χ0v) is 16.0. The molecule has 0 saturated heterocycles. The summed E-state index contributed by atoms with van der Waals surface area (Å²) in [5.41, 5.74) is 2.81. The molecule has 2 aromatic carbocycles. The van der Waals surface area contributed by atoms with Gasteiger partial charge in [0.15, 0.2) is 4.34 Å². The standard InChI is InChI=1S/C18H18N4O2S2/c1-12-7-9-13(10-8-12)19-17-21-22-18(26-17)25-11-16(23)20-14-5-3-4-6-15(14)24-2/h3-10H,11H2,1-2H3,(H,19,21)(H,20,23). The average molecular weight is 387 g/mol. The van der Waals surface area contributed by atoms with Crippen molar-refractivity contribution in [2.24, 2.45) is 0 Å². The molecule has 1 amide bonds. The van der Waals surface area contributed by atoms with E-state index in [0.29, 0.717) is 16.6 Å². The van der Waals surface area contributed by atoms with Gasteiger partial charge in [-0.05, 0) is 31.2 Å². The second-order valence-corrected chi connectivity index (χ2v) is 7.60. The number of aryl methyl sites for hydroxylation is 1. The highest BCUT2D eigenvalue weighted by Gasteiger charge is 2.10. The first kappa shape index (κ1) is 18.2. The number of aromatic nitrogens is 2. The highest BCUT2D eigenvalue weighted by Crippen LogP contribution is 2.28. The van der Waals surface area contributed by atoms with Crippen LogP contribution in [0.2, 0.25) is 0 Å². The van der Waals surface area contributed by atoms with E-state index in [1.165, 1.54) is 28.7 Å². The van der Waals surface area contributed by atoms with Crippen molar-refractivity contribution in [1.82, 2.24) is 10.2 Å². The van der Waals surface area contributed by atoms with E-state index >= 15 is 0 Å². The van der Waals surface area contributed by atoms with E-state index in [2.05, 4.69) is 20.8 Å². The highest BCUT2D eigenvalue weighted by molar-refractivity contribution is 8.01. The monoisotopic (exact) mass is 386 g/mol. The zero-order chi connectivity index (χ0) is 18.4. The summed E-state index contributed by atoms with van der Waals surface area (Å²) < 4.78 is 5.96. The van der Waals surface area contributed by atoms with Crippen molar-refractivity contribution in [1.29, 1.82) is 0 Å². The molecule has 2 N–H and O–H groups in total. The molecule has 0 fully saturated rings. The van der Waals surface area contributed by atoms with Crippen molar-refractivity contribution in [3.63, 3.8) is 0 Å². The second kappa shape index (κ2) is 8.68. The molecule has 1 heterocycles. The third kappa shape index (κ3) is 4.96. The Balaban J connectivity index is 1.52. The van der Waals surface area contributed by atoms with E-state index in [0.717, 1.165) is 10.0 Å². The molecule has 0 atom stereocenters. The molecule has 0 aliphatic rings. The van der Waals surface area contributed by atoms with Crippen LogP contribution in [0.5, 0.6) is 5.75 Å². The molecule has 3 aromatic rings. The number of nitrogens with one attached hydrogen (secondary N) is 2. The molecule has 0 spiro atoms. The van der Waals surface area contributed by atoms with Gasteiger partial charge >= 0.3 is 0 Å². The number of hydrogen-bond donors (Lipinski definition) is 2. The van der Waals surface area contributed by atoms with Gasteiger partial charge in [0.1, 0.15) is 5.75 Å². The molecule has 0 radical (unpaired) electrons. The summed E-state index contributed by atoms with van der Waals surface area (Å²) in [4.78, 5) is 12.1. The maximum absolute atomic E-state index is 12.1. The predicted molar refractivity (Wildman–Crippen MR) is 107 cm³/mol. The van der Waals surface area contributed by atoms with Crippen LogP contribution < -0.4 is 15.4 Å². The third-order valence-electron chi connectivity index (χ3n) is 3.42. The van der Waals surface area contributed by atoms with E-state index < -0.39 is 0 Å². The fraction of sp³-hybridized carbons (Fsp3) is 0.167. The van der Waals surface area contributed by atoms with Gasteiger partial charge in [-0.15, -0.1) is 10.2 Å². The maximum Gasteiger partial charge on any atom is 0.234 e. The summed E-state index contributed by atoms with van der Waals surface area (Å²) in [5.74, 6) is 0.756. The lowest BCUT2D eigenvalue weighted by molar-refractivity contribution is -0.113. The lowest BCUT2D eigenvalue weighted by Crippen LogP contribution is -2.14. The molecule has 8 heteroatoms. The number of para-hydroxylation sites is 2. The van der Waals surface area contributed by atoms with Crippen molar-refractivity contribution in [2.75, 3.05) is 23.5 Å². The van der Waals surface area contributed by atoms with Gasteiger partial charge in [-0.1, -0.05) is 52.9 Å². The minimum atomic E-state index is -0.122. The molecular formula is C18H18N4O2S2. The summed E-state index contributed by atoms with van der Waals surface area (Å²) in [6.45, 7) is 2.04. The molecule has 134 valence electrons. The normalized spacial score (nSPS) is 10.4. The summed E-state index contributed by atoms with van der Waals surface area (Å²) in [5, 5.41) is 15.0. The molecule has 0 aliphatic carbocycles. The van der Waals surface area contributed by atoms with Crippen molar-refractivity contribution < 1.29 is 9.53 Å². The second-order valence-electron chi connectivity index (χ2n) is 5.40. The molecule has 1 aromatic heterocycles. The van der Waals surface area contributed by atoms with Crippen molar-refractivity contribution in [3.05, 3.63) is 54.1 Å². The maximum atomic E-state index is 12.1. The van der Waals surface area contributed by atoms with E-state index in [1.807, 2.05) is 43.3 Å². The number of carbonyl (C=O) groups excluding carboxylic acids is 1. The van der Waals surface area contributed by atoms with Crippen LogP contribution >= 0.6 is 23.1 Å². The minimum absolute atomic E-state index is 0.122. The van der Waals surface area contributed by atoms with Crippen molar-refractivity contribution >= 4 is 45.5 Å². The Hall–Kier alpha value is -2.58. The fourth-order valence-electron chi connectivity index (χ4n) is 2.14. The molecule has 0 unspecified atom stereocenters. The van der Waals surface area contributed by atoms with Gasteiger partial charge in [0.05, 0.1) is 18.6 Å². The number of methoxy groups -OCH3 is 1. The van der Waals surface area contributed by atoms with Crippen LogP contribution in [0.1, 0.15) is 5.56 Å². The summed E-state index contributed by atoms with van der Waals surface area (Å²) in [6.07, 6.45) is 0. The van der Waals surface area contributed by atoms with Gasteiger partial charge in [-0.3, -0.25) is 4.79 Å². The van der Waals surface area contributed by atoms with Crippen molar-refractivity contribution in [2.45, 2.75) is 11.3 Å². The van der Waals surface area contributed by atoms with E-state index in [-0.39, 0.29) is 11.7 Å². The van der Waals surface area contributed by atoms with Crippen LogP contribution in [-0.4, -0.2) is 29.0 Å². The third-order valence-corrected chi connectivity index (χ3v) is 5.39. The number of hydrogen-bond acceptors (Lipinski definition) is 7. The molecule has 3 rings (SSSR count). The first-order chi connectivity index (χ1) is 12.6. The number of anilines is 3. The van der Waals surface area contributed by atoms with Crippen LogP contribution in [-0.2, 0) is 4.79 Å². The average Bonchev–Trinajstić information content (AvgIpc) is 3.10. The Kier molecular flexibility index (Phi) is 6.08. The quantitative estimate of drug-likeness (QED) is 0.589. The van der Waals surface area contributed by atoms with Crippen LogP contribution in [0.3, 0.4) is 0 Å². The first-order valence-electron chi connectivity index (χ1n) is 7.87. The van der Waals surface area contributed by atoms with Gasteiger partial charge in [-0.25, -0.2) is 0 Å². The molecule has 0 aliphatic heterocycles. The summed E-state index contributed by atoms with van der Waals surface area (Å²) in [7, 11) is 1.57. The molecule has 26 heavy (non-hydrogen) atoms. The lowest BCUT2D eigenvalue weighted by Gasteiger charge is -2.08. The molecule has 6 nitrogen and oxygen atoms in total. The largest absolute Gasteiger partial charge is 0.495 e. The Bertz CT molecular complexity index is 881. The minimum Gasteiger partial charge on any atom is -0.495 e. The highest BCUT2D eigenvalue weighted by atomic mass is 32.2. The summed E-state index contributed by atoms with van der Waals surface area (Å²) in [6, 6.07) is 15.3. The Labute approximate surface area is 160 Å². The van der Waals surface area contributed by atoms with Gasteiger partial charge in [0.25, 0.3) is 0 Å². The molecular weight excluding hydrogens is 368 g/mol. The van der Waals surface area contributed by atoms with Crippen molar-refractivity contribution in [3.8, 4) is 5.75 Å². The number of amides is 1. The number of carbonyl (C=O) groups is 1. The number of benzene rings is 2. The molecule has 0 bridgehead atoms. The topological polar surface area (TPSA) is 76.1 Å².